The lowest BCUT2D eigenvalue weighted by molar-refractivity contribution is -0.193. The Hall–Kier alpha value is -1.90. The van der Waals surface area contributed by atoms with Crippen LogP contribution in [0.5, 0.6) is 0 Å². The number of nitrogens with zero attached hydrogens (tertiary/aromatic N) is 2. The van der Waals surface area contributed by atoms with Crippen molar-refractivity contribution in [3.05, 3.63) is 21.9 Å². The molecule has 2 fully saturated rings. The molecule has 2 saturated heterocycles. The zero-order valence-corrected chi connectivity index (χ0v) is 22.0. The second-order valence-corrected chi connectivity index (χ2v) is 10.8. The van der Waals surface area contributed by atoms with Crippen molar-refractivity contribution in [3.63, 3.8) is 0 Å². The topological polar surface area (TPSA) is 90.3 Å². The van der Waals surface area contributed by atoms with Crippen LogP contribution in [0.15, 0.2) is 12.1 Å². The molecule has 0 saturated carbocycles. The number of rotatable bonds is 5. The van der Waals surface area contributed by atoms with Gasteiger partial charge < -0.3 is 14.9 Å². The number of halogens is 6. The van der Waals surface area contributed by atoms with Crippen LogP contribution in [0.3, 0.4) is 0 Å². The molecule has 1 unspecified atom stereocenters. The molecule has 7 nitrogen and oxygen atoms in total. The van der Waals surface area contributed by atoms with Crippen LogP contribution in [-0.4, -0.2) is 89.7 Å². The first-order chi connectivity index (χ1) is 16.9. The van der Waals surface area contributed by atoms with E-state index in [4.69, 9.17) is 24.5 Å². The summed E-state index contributed by atoms with van der Waals surface area (Å²) in [7, 11) is 1.84. The van der Waals surface area contributed by atoms with Crippen molar-refractivity contribution in [2.45, 2.75) is 71.0 Å². The Labute approximate surface area is 216 Å². The third kappa shape index (κ3) is 11.2. The number of aliphatic carboxylic acids is 2. The number of hydrogen-bond donors (Lipinski definition) is 2. The first kappa shape index (κ1) is 33.1. The first-order valence-electron chi connectivity index (χ1n) is 11.5. The molecule has 1 atom stereocenters. The number of carboxylic acids is 2. The molecule has 2 aliphatic heterocycles. The van der Waals surface area contributed by atoms with Crippen LogP contribution in [0.4, 0.5) is 26.3 Å². The quantitative estimate of drug-likeness (QED) is 0.485. The Balaban J connectivity index is 0.000000404. The van der Waals surface area contributed by atoms with Gasteiger partial charge in [0.05, 0.1) is 6.61 Å². The molecule has 3 heterocycles. The summed E-state index contributed by atoms with van der Waals surface area (Å²) in [5.41, 5.74) is 0.537. The molecular weight excluding hydrogens is 530 g/mol. The minimum absolute atomic E-state index is 0.537. The van der Waals surface area contributed by atoms with E-state index < -0.39 is 24.3 Å². The minimum atomic E-state index is -5.08. The molecule has 214 valence electrons. The molecule has 0 amide bonds. The number of aryl methyl sites for hydroxylation is 1. The molecule has 0 aliphatic carbocycles. The third-order valence-corrected chi connectivity index (χ3v) is 7.24. The van der Waals surface area contributed by atoms with Crippen LogP contribution in [0.2, 0.25) is 0 Å². The average Bonchev–Trinajstić information content (AvgIpc) is 3.33. The van der Waals surface area contributed by atoms with Gasteiger partial charge in [-0.25, -0.2) is 9.59 Å². The Kier molecular flexibility index (Phi) is 12.3. The number of carboxylic acid groups (broad SMARTS) is 2. The molecule has 0 radical (unpaired) electrons. The van der Waals surface area contributed by atoms with Gasteiger partial charge in [0.1, 0.15) is 0 Å². The van der Waals surface area contributed by atoms with E-state index in [1.807, 2.05) is 18.4 Å². The number of hydrogen-bond acceptors (Lipinski definition) is 6. The van der Waals surface area contributed by atoms with Crippen molar-refractivity contribution in [3.8, 4) is 0 Å². The average molecular weight is 565 g/mol. The summed E-state index contributed by atoms with van der Waals surface area (Å²) in [5.74, 6) is -5.51. The molecule has 0 bridgehead atoms. The van der Waals surface area contributed by atoms with Crippen molar-refractivity contribution >= 4 is 23.3 Å². The van der Waals surface area contributed by atoms with E-state index in [1.54, 1.807) is 0 Å². The lowest BCUT2D eigenvalue weighted by Gasteiger charge is -2.39. The van der Waals surface area contributed by atoms with Crippen LogP contribution in [0.1, 0.15) is 42.9 Å². The van der Waals surface area contributed by atoms with Gasteiger partial charge in [0, 0.05) is 42.0 Å². The minimum Gasteiger partial charge on any atom is -0.475 e. The van der Waals surface area contributed by atoms with Crippen LogP contribution >= 0.6 is 11.3 Å². The fraction of sp³-hybridized carbons (Fsp3) is 0.739. The van der Waals surface area contributed by atoms with Gasteiger partial charge in [-0.15, -0.1) is 11.3 Å². The summed E-state index contributed by atoms with van der Waals surface area (Å²) in [6.07, 6.45) is -6.15. The summed E-state index contributed by atoms with van der Waals surface area (Å²) in [5, 5.41) is 14.2. The Morgan fingerprint density at radius 3 is 1.92 bits per heavy atom. The molecule has 1 aromatic heterocycles. The number of likely N-dealkylation sites (tertiary alicyclic amines) is 2. The Bertz CT molecular complexity index is 843. The summed E-state index contributed by atoms with van der Waals surface area (Å²) >= 11 is 1.95. The third-order valence-electron chi connectivity index (χ3n) is 6.26. The molecule has 2 N–H and O–H groups in total. The van der Waals surface area contributed by atoms with Gasteiger partial charge >= 0.3 is 24.3 Å². The number of carbonyl (C=O) groups is 2. The molecule has 0 aromatic carbocycles. The molecule has 37 heavy (non-hydrogen) atoms. The Morgan fingerprint density at radius 1 is 1.08 bits per heavy atom. The summed E-state index contributed by atoms with van der Waals surface area (Å²) < 4.78 is 69.0. The van der Waals surface area contributed by atoms with Crippen molar-refractivity contribution in [2.75, 3.05) is 33.4 Å². The summed E-state index contributed by atoms with van der Waals surface area (Å²) in [6, 6.07) is 5.79. The van der Waals surface area contributed by atoms with Gasteiger partial charge in [0.15, 0.2) is 0 Å². The van der Waals surface area contributed by atoms with E-state index in [0.29, 0.717) is 17.5 Å². The van der Waals surface area contributed by atoms with E-state index >= 15 is 0 Å². The highest BCUT2D eigenvalue weighted by Crippen LogP contribution is 2.44. The lowest BCUT2D eigenvalue weighted by atomic mass is 9.76. The number of ether oxygens (including phenoxy) is 1. The SMILES string of the molecule is COCC1CC2(CCN(Cc3ccc(C)s3)CC2)CN1C(C)C.O=C(O)C(F)(F)F.O=C(O)C(F)(F)F. The van der Waals surface area contributed by atoms with Gasteiger partial charge in [0.25, 0.3) is 0 Å². The maximum absolute atomic E-state index is 10.6. The predicted molar refractivity (Wildman–Crippen MR) is 126 cm³/mol. The zero-order chi connectivity index (χ0) is 28.6. The van der Waals surface area contributed by atoms with Crippen LogP contribution in [0, 0.1) is 12.3 Å². The van der Waals surface area contributed by atoms with Crippen molar-refractivity contribution < 1.29 is 50.9 Å². The lowest BCUT2D eigenvalue weighted by Crippen LogP contribution is -2.42. The zero-order valence-electron chi connectivity index (χ0n) is 21.2. The second-order valence-electron chi connectivity index (χ2n) is 9.47. The first-order valence-corrected chi connectivity index (χ1v) is 12.3. The predicted octanol–water partition coefficient (Wildman–Crippen LogP) is 5.03. The second kappa shape index (κ2) is 13.8. The summed E-state index contributed by atoms with van der Waals surface area (Å²) in [6.45, 7) is 12.7. The maximum atomic E-state index is 10.6. The van der Waals surface area contributed by atoms with Crippen molar-refractivity contribution in [1.82, 2.24) is 9.80 Å². The summed E-state index contributed by atoms with van der Waals surface area (Å²) in [4.78, 5) is 26.1. The van der Waals surface area contributed by atoms with E-state index in [-0.39, 0.29) is 0 Å². The van der Waals surface area contributed by atoms with Crippen LogP contribution in [-0.2, 0) is 20.9 Å². The van der Waals surface area contributed by atoms with Crippen molar-refractivity contribution in [1.29, 1.82) is 0 Å². The smallest absolute Gasteiger partial charge is 0.475 e. The normalized spacial score (nSPS) is 20.2. The van der Waals surface area contributed by atoms with E-state index in [0.717, 1.165) is 13.2 Å². The molecular formula is C23H34F6N2O5S. The number of alkyl halides is 6. The highest BCUT2D eigenvalue weighted by Gasteiger charge is 2.46. The fourth-order valence-electron chi connectivity index (χ4n) is 4.49. The van der Waals surface area contributed by atoms with Gasteiger partial charge in [0.2, 0.25) is 0 Å². The Morgan fingerprint density at radius 2 is 1.57 bits per heavy atom. The standard InChI is InChI=1S/C19H32N2OS.2C2HF3O2/c1-15(2)21-14-19(11-17(21)13-22-4)7-9-20(10-8-19)12-18-6-5-16(3)23-18;2*3-2(4,5)1(6)7/h5-6,15,17H,7-14H2,1-4H3;2*(H,6,7). The number of methoxy groups -OCH3 is 1. The van der Waals surface area contributed by atoms with E-state index in [9.17, 15) is 26.3 Å². The van der Waals surface area contributed by atoms with Crippen LogP contribution in [0.25, 0.3) is 0 Å². The number of piperidine rings is 1. The van der Waals surface area contributed by atoms with Gasteiger partial charge in [-0.1, -0.05) is 0 Å². The largest absolute Gasteiger partial charge is 0.490 e. The molecule has 2 aliphatic rings. The maximum Gasteiger partial charge on any atom is 0.490 e. The van der Waals surface area contributed by atoms with Gasteiger partial charge in [-0.3, -0.25) is 9.80 Å². The highest BCUT2D eigenvalue weighted by molar-refractivity contribution is 7.11. The van der Waals surface area contributed by atoms with Crippen molar-refractivity contribution in [2.24, 2.45) is 5.41 Å². The van der Waals surface area contributed by atoms with Gasteiger partial charge in [-0.2, -0.15) is 26.3 Å². The van der Waals surface area contributed by atoms with E-state index in [2.05, 4.69) is 42.7 Å². The van der Waals surface area contributed by atoms with Crippen LogP contribution < -0.4 is 0 Å². The monoisotopic (exact) mass is 564 g/mol. The van der Waals surface area contributed by atoms with Gasteiger partial charge in [-0.05, 0) is 70.7 Å². The number of thiophene rings is 1. The molecule has 1 aromatic rings. The fourth-order valence-corrected chi connectivity index (χ4v) is 5.42. The molecule has 1 spiro atoms. The molecule has 14 heteroatoms. The highest BCUT2D eigenvalue weighted by atomic mass is 32.1. The van der Waals surface area contributed by atoms with E-state index in [1.165, 1.54) is 48.7 Å². The molecule has 3 rings (SSSR count).